The first kappa shape index (κ1) is 23.7. The van der Waals surface area contributed by atoms with Crippen LogP contribution in [-0.4, -0.2) is 41.1 Å². The molecule has 0 aromatic carbocycles. The molecule has 0 amide bonds. The van der Waals surface area contributed by atoms with Gasteiger partial charge in [-0.1, -0.05) is 46.3 Å². The van der Waals surface area contributed by atoms with Gasteiger partial charge in [0.05, 0.1) is 0 Å². The number of rotatable bonds is 5. The highest BCUT2D eigenvalue weighted by atomic mass is 16.6. The SMILES string of the molecule is C/C=C(/C)C(=O)O[C@@H]1[C@@H](O)C(C)(C)[C@@H]2[C@H]3C(=O)C=C(C)[C@@H]2[C@@]3(C)[C@@H]1OC(=O)CC(C)C. The fourth-order valence-corrected chi connectivity index (χ4v) is 6.23. The molecular weight excluding hydrogens is 396 g/mol. The van der Waals surface area contributed by atoms with Gasteiger partial charge < -0.3 is 14.6 Å². The topological polar surface area (TPSA) is 89.9 Å². The van der Waals surface area contributed by atoms with E-state index in [4.69, 9.17) is 9.47 Å². The molecule has 3 saturated carbocycles. The molecule has 0 saturated heterocycles. The minimum atomic E-state index is -1.09. The number of carbonyl (C=O) groups excluding carboxylic acids is 3. The maximum Gasteiger partial charge on any atom is 0.333 e. The van der Waals surface area contributed by atoms with E-state index in [0.717, 1.165) is 5.57 Å². The van der Waals surface area contributed by atoms with Crippen molar-refractivity contribution in [2.75, 3.05) is 0 Å². The molecular formula is C25H36O6. The number of hydrogen-bond acceptors (Lipinski definition) is 6. The zero-order chi connectivity index (χ0) is 23.5. The van der Waals surface area contributed by atoms with Gasteiger partial charge in [0.25, 0.3) is 0 Å². The van der Waals surface area contributed by atoms with Gasteiger partial charge in [-0.15, -0.1) is 0 Å². The largest absolute Gasteiger partial charge is 0.458 e. The molecule has 4 rings (SSSR count). The van der Waals surface area contributed by atoms with Crippen LogP contribution in [0.5, 0.6) is 0 Å². The predicted molar refractivity (Wildman–Crippen MR) is 116 cm³/mol. The summed E-state index contributed by atoms with van der Waals surface area (Å²) in [6.45, 7) is 14.9. The number of carbonyl (C=O) groups is 3. The molecule has 0 unspecified atom stereocenters. The summed E-state index contributed by atoms with van der Waals surface area (Å²) in [6.07, 6.45) is 0.471. The van der Waals surface area contributed by atoms with E-state index in [1.807, 2.05) is 41.5 Å². The number of ketones is 1. The summed E-state index contributed by atoms with van der Waals surface area (Å²) in [4.78, 5) is 38.5. The van der Waals surface area contributed by atoms with Gasteiger partial charge in [0.1, 0.15) is 12.2 Å². The molecule has 3 fully saturated rings. The van der Waals surface area contributed by atoms with E-state index in [2.05, 4.69) is 0 Å². The van der Waals surface area contributed by atoms with Gasteiger partial charge >= 0.3 is 11.9 Å². The summed E-state index contributed by atoms with van der Waals surface area (Å²) >= 11 is 0. The lowest BCUT2D eigenvalue weighted by molar-refractivity contribution is -0.214. The zero-order valence-corrected chi connectivity index (χ0v) is 19.9. The summed E-state index contributed by atoms with van der Waals surface area (Å²) in [5.41, 5.74) is -0.113. The molecule has 4 aliphatic rings. The molecule has 0 aromatic rings. The normalized spacial score (nSPS) is 38.7. The Kier molecular flexibility index (Phi) is 6.02. The van der Waals surface area contributed by atoms with Crippen molar-refractivity contribution in [1.82, 2.24) is 0 Å². The van der Waals surface area contributed by atoms with Gasteiger partial charge in [-0.3, -0.25) is 9.59 Å². The number of fused-ring (bicyclic) bond motifs is 3. The number of ether oxygens (including phenoxy) is 2. The first-order valence-electron chi connectivity index (χ1n) is 11.2. The van der Waals surface area contributed by atoms with Gasteiger partial charge in [-0.25, -0.2) is 4.79 Å². The third-order valence-corrected chi connectivity index (χ3v) is 7.90. The average Bonchev–Trinajstić information content (AvgIpc) is 2.73. The molecule has 0 heterocycles. The van der Waals surface area contributed by atoms with Gasteiger partial charge in [0.15, 0.2) is 11.9 Å². The Morgan fingerprint density at radius 3 is 2.32 bits per heavy atom. The van der Waals surface area contributed by atoms with Crippen LogP contribution in [0.3, 0.4) is 0 Å². The van der Waals surface area contributed by atoms with Crippen molar-refractivity contribution < 1.29 is 29.0 Å². The van der Waals surface area contributed by atoms with Crippen LogP contribution in [0.1, 0.15) is 61.8 Å². The molecule has 6 nitrogen and oxygen atoms in total. The lowest BCUT2D eigenvalue weighted by atomic mass is 9.37. The third-order valence-electron chi connectivity index (χ3n) is 7.90. The number of allylic oxidation sites excluding steroid dienone is 3. The summed E-state index contributed by atoms with van der Waals surface area (Å²) in [5, 5.41) is 11.5. The van der Waals surface area contributed by atoms with Crippen molar-refractivity contribution in [3.8, 4) is 0 Å². The molecule has 172 valence electrons. The molecule has 1 N–H and O–H groups in total. The minimum Gasteiger partial charge on any atom is -0.458 e. The molecule has 4 aliphatic carbocycles. The van der Waals surface area contributed by atoms with Crippen molar-refractivity contribution in [3.63, 3.8) is 0 Å². The quantitative estimate of drug-likeness (QED) is 0.527. The Morgan fingerprint density at radius 1 is 1.19 bits per heavy atom. The van der Waals surface area contributed by atoms with E-state index in [1.165, 1.54) is 0 Å². The van der Waals surface area contributed by atoms with Crippen LogP contribution in [0, 0.1) is 34.5 Å². The Morgan fingerprint density at radius 2 is 1.81 bits per heavy atom. The summed E-state index contributed by atoms with van der Waals surface area (Å²) in [5.74, 6) is -1.42. The average molecular weight is 433 g/mol. The lowest BCUT2D eigenvalue weighted by Crippen LogP contribution is -2.68. The smallest absolute Gasteiger partial charge is 0.333 e. The Labute approximate surface area is 185 Å². The highest BCUT2D eigenvalue weighted by Gasteiger charge is 2.76. The van der Waals surface area contributed by atoms with Crippen molar-refractivity contribution in [1.29, 1.82) is 0 Å². The van der Waals surface area contributed by atoms with Crippen molar-refractivity contribution in [2.45, 2.75) is 80.1 Å². The van der Waals surface area contributed by atoms with Crippen LogP contribution < -0.4 is 0 Å². The summed E-state index contributed by atoms with van der Waals surface area (Å²) < 4.78 is 11.8. The van der Waals surface area contributed by atoms with Crippen LogP contribution in [0.4, 0.5) is 0 Å². The molecule has 7 atom stereocenters. The van der Waals surface area contributed by atoms with Crippen molar-refractivity contribution >= 4 is 17.7 Å². The van der Waals surface area contributed by atoms with Crippen LogP contribution in [0.2, 0.25) is 0 Å². The Balaban J connectivity index is 2.12. The van der Waals surface area contributed by atoms with E-state index >= 15 is 0 Å². The first-order chi connectivity index (χ1) is 14.3. The van der Waals surface area contributed by atoms with E-state index in [0.29, 0.717) is 5.57 Å². The predicted octanol–water partition coefficient (Wildman–Crippen LogP) is 3.62. The highest BCUT2D eigenvalue weighted by molar-refractivity contribution is 5.97. The van der Waals surface area contributed by atoms with Crippen LogP contribution >= 0.6 is 0 Å². The summed E-state index contributed by atoms with van der Waals surface area (Å²) in [7, 11) is 0. The number of aliphatic hydroxyl groups excluding tert-OH is 1. The Hall–Kier alpha value is -1.95. The maximum atomic E-state index is 13.1. The van der Waals surface area contributed by atoms with Gasteiger partial charge in [0.2, 0.25) is 0 Å². The standard InChI is InChI=1S/C25H36O6/c1-9-13(4)23(29)31-20-21(28)24(6,7)19-17-14(5)11-15(26)18(19)25(17,8)22(20)30-16(27)10-12(2)3/h9,11-12,17-22,28H,10H2,1-8H3/b13-9-/t17-,18+,19-,20+,21+,22+,25+/m0/s1. The minimum absolute atomic E-state index is 0.00528. The maximum absolute atomic E-state index is 13.1. The van der Waals surface area contributed by atoms with Crippen LogP contribution in [-0.2, 0) is 23.9 Å². The van der Waals surface area contributed by atoms with E-state index in [-0.39, 0.29) is 30.0 Å². The second-order valence-corrected chi connectivity index (χ2v) is 10.8. The number of aliphatic hydroxyl groups is 1. The van der Waals surface area contributed by atoms with E-state index in [1.54, 1.807) is 26.0 Å². The Bertz CT molecular complexity index is 850. The molecule has 4 bridgehead atoms. The third kappa shape index (κ3) is 3.47. The fraction of sp³-hybridized carbons (Fsp3) is 0.720. The van der Waals surface area contributed by atoms with Crippen molar-refractivity contribution in [3.05, 3.63) is 23.3 Å². The second kappa shape index (κ2) is 7.88. The van der Waals surface area contributed by atoms with Gasteiger partial charge in [-0.05, 0) is 50.0 Å². The molecule has 31 heavy (non-hydrogen) atoms. The molecule has 6 heteroatoms. The molecule has 0 spiro atoms. The first-order valence-corrected chi connectivity index (χ1v) is 11.2. The molecule has 0 radical (unpaired) electrons. The molecule has 0 aromatic heterocycles. The number of hydrogen-bond donors (Lipinski definition) is 1. The molecule has 0 aliphatic heterocycles. The van der Waals surface area contributed by atoms with Gasteiger partial charge in [-0.2, -0.15) is 0 Å². The van der Waals surface area contributed by atoms with E-state index in [9.17, 15) is 19.5 Å². The highest BCUT2D eigenvalue weighted by Crippen LogP contribution is 2.72. The second-order valence-electron chi connectivity index (χ2n) is 10.8. The van der Waals surface area contributed by atoms with Crippen LogP contribution in [0.15, 0.2) is 23.3 Å². The van der Waals surface area contributed by atoms with Crippen molar-refractivity contribution in [2.24, 2.45) is 34.5 Å². The fourth-order valence-electron chi connectivity index (χ4n) is 6.23. The zero-order valence-electron chi connectivity index (χ0n) is 19.9. The lowest BCUT2D eigenvalue weighted by Gasteiger charge is -2.65. The monoisotopic (exact) mass is 432 g/mol. The number of esters is 2. The summed E-state index contributed by atoms with van der Waals surface area (Å²) in [6, 6.07) is 0. The van der Waals surface area contributed by atoms with Crippen LogP contribution in [0.25, 0.3) is 0 Å². The van der Waals surface area contributed by atoms with E-state index < -0.39 is 47.0 Å². The van der Waals surface area contributed by atoms with Gasteiger partial charge in [0, 0.05) is 23.3 Å².